The zero-order chi connectivity index (χ0) is 13.5. The lowest BCUT2D eigenvalue weighted by molar-refractivity contribution is -0.141. The zero-order valence-electron chi connectivity index (χ0n) is 11.4. The first kappa shape index (κ1) is 14.0. The Kier molecular flexibility index (Phi) is 5.36. The van der Waals surface area contributed by atoms with E-state index in [1.54, 1.807) is 0 Å². The Morgan fingerprint density at radius 3 is 2.95 bits per heavy atom. The molecule has 1 saturated heterocycles. The molecule has 1 heterocycles. The first-order valence-electron chi connectivity index (χ1n) is 6.72. The van der Waals surface area contributed by atoms with Crippen molar-refractivity contribution in [1.82, 2.24) is 4.90 Å². The fourth-order valence-electron chi connectivity index (χ4n) is 2.37. The highest BCUT2D eigenvalue weighted by Gasteiger charge is 2.23. The summed E-state index contributed by atoms with van der Waals surface area (Å²) in [5.74, 6) is -0.148. The Bertz CT molecular complexity index is 394. The molecule has 104 valence electrons. The van der Waals surface area contributed by atoms with Gasteiger partial charge in [0, 0.05) is 25.6 Å². The van der Waals surface area contributed by atoms with Crippen molar-refractivity contribution in [2.45, 2.75) is 25.4 Å². The summed E-state index contributed by atoms with van der Waals surface area (Å²) >= 11 is 0. The number of hydrogen-bond donors (Lipinski definition) is 0. The summed E-state index contributed by atoms with van der Waals surface area (Å²) in [6.45, 7) is 3.29. The lowest BCUT2D eigenvalue weighted by Crippen LogP contribution is -2.45. The molecule has 0 aromatic heterocycles. The molecule has 0 amide bonds. The molecule has 2 rings (SSSR count). The minimum atomic E-state index is -0.148. The van der Waals surface area contributed by atoms with Crippen molar-refractivity contribution < 1.29 is 14.3 Å². The summed E-state index contributed by atoms with van der Waals surface area (Å²) in [5.41, 5.74) is 1.30. The molecular weight excluding hydrogens is 242 g/mol. The van der Waals surface area contributed by atoms with Gasteiger partial charge in [-0.2, -0.15) is 0 Å². The van der Waals surface area contributed by atoms with Crippen molar-refractivity contribution in [1.29, 1.82) is 0 Å². The zero-order valence-corrected chi connectivity index (χ0v) is 11.4. The molecule has 0 radical (unpaired) electrons. The summed E-state index contributed by atoms with van der Waals surface area (Å²) in [6, 6.07) is 10.7. The quantitative estimate of drug-likeness (QED) is 0.760. The number of esters is 1. The SMILES string of the molecule is COC(=O)CC[C@@H]1COCCN1Cc1ccccc1. The van der Waals surface area contributed by atoms with E-state index in [4.69, 9.17) is 9.47 Å². The number of methoxy groups -OCH3 is 1. The van der Waals surface area contributed by atoms with Crippen LogP contribution in [0.15, 0.2) is 30.3 Å². The Morgan fingerprint density at radius 1 is 1.42 bits per heavy atom. The predicted octanol–water partition coefficient (Wildman–Crippen LogP) is 1.84. The molecular formula is C15H21NO3. The van der Waals surface area contributed by atoms with Crippen molar-refractivity contribution in [3.8, 4) is 0 Å². The van der Waals surface area contributed by atoms with Crippen molar-refractivity contribution in [2.24, 2.45) is 0 Å². The minimum absolute atomic E-state index is 0.148. The number of benzene rings is 1. The van der Waals surface area contributed by atoms with E-state index in [0.717, 1.165) is 26.1 Å². The molecule has 0 N–H and O–H groups in total. The van der Waals surface area contributed by atoms with E-state index in [1.165, 1.54) is 12.7 Å². The molecule has 0 aliphatic carbocycles. The maximum atomic E-state index is 11.2. The Morgan fingerprint density at radius 2 is 2.21 bits per heavy atom. The van der Waals surface area contributed by atoms with Gasteiger partial charge in [-0.3, -0.25) is 9.69 Å². The molecule has 1 aliphatic rings. The van der Waals surface area contributed by atoms with Gasteiger partial charge in [0.2, 0.25) is 0 Å². The van der Waals surface area contributed by atoms with Gasteiger partial charge in [0.25, 0.3) is 0 Å². The normalized spacial score (nSPS) is 20.2. The predicted molar refractivity (Wildman–Crippen MR) is 72.7 cm³/mol. The second kappa shape index (κ2) is 7.26. The van der Waals surface area contributed by atoms with Crippen LogP contribution in [0.1, 0.15) is 18.4 Å². The van der Waals surface area contributed by atoms with E-state index in [1.807, 2.05) is 6.07 Å². The fourth-order valence-corrected chi connectivity index (χ4v) is 2.37. The van der Waals surface area contributed by atoms with Crippen molar-refractivity contribution in [3.63, 3.8) is 0 Å². The lowest BCUT2D eigenvalue weighted by Gasteiger charge is -2.35. The van der Waals surface area contributed by atoms with Crippen LogP contribution in [-0.4, -0.2) is 43.8 Å². The van der Waals surface area contributed by atoms with Gasteiger partial charge in [0.1, 0.15) is 0 Å². The highest BCUT2D eigenvalue weighted by molar-refractivity contribution is 5.69. The Balaban J connectivity index is 1.90. The van der Waals surface area contributed by atoms with Crippen LogP contribution in [0.2, 0.25) is 0 Å². The van der Waals surface area contributed by atoms with Crippen LogP contribution >= 0.6 is 0 Å². The molecule has 1 aromatic rings. The summed E-state index contributed by atoms with van der Waals surface area (Å²) < 4.78 is 10.2. The summed E-state index contributed by atoms with van der Waals surface area (Å²) in [7, 11) is 1.43. The van der Waals surface area contributed by atoms with E-state index in [0.29, 0.717) is 19.1 Å². The number of carbonyl (C=O) groups is 1. The average Bonchev–Trinajstić information content (AvgIpc) is 2.47. The monoisotopic (exact) mass is 263 g/mol. The van der Waals surface area contributed by atoms with E-state index >= 15 is 0 Å². The molecule has 19 heavy (non-hydrogen) atoms. The van der Waals surface area contributed by atoms with E-state index in [2.05, 4.69) is 29.2 Å². The number of morpholine rings is 1. The first-order chi connectivity index (χ1) is 9.29. The molecule has 4 heteroatoms. The van der Waals surface area contributed by atoms with Crippen LogP contribution in [0.3, 0.4) is 0 Å². The highest BCUT2D eigenvalue weighted by Crippen LogP contribution is 2.16. The highest BCUT2D eigenvalue weighted by atomic mass is 16.5. The molecule has 1 aliphatic heterocycles. The van der Waals surface area contributed by atoms with Gasteiger partial charge in [-0.25, -0.2) is 0 Å². The molecule has 0 unspecified atom stereocenters. The van der Waals surface area contributed by atoms with Crippen LogP contribution in [0.25, 0.3) is 0 Å². The van der Waals surface area contributed by atoms with Crippen LogP contribution in [0.4, 0.5) is 0 Å². The molecule has 0 spiro atoms. The van der Waals surface area contributed by atoms with E-state index in [9.17, 15) is 4.79 Å². The lowest BCUT2D eigenvalue weighted by atomic mass is 10.1. The number of hydrogen-bond acceptors (Lipinski definition) is 4. The number of ether oxygens (including phenoxy) is 2. The van der Waals surface area contributed by atoms with Gasteiger partial charge in [-0.15, -0.1) is 0 Å². The smallest absolute Gasteiger partial charge is 0.305 e. The second-order valence-electron chi connectivity index (χ2n) is 4.80. The molecule has 1 fully saturated rings. The van der Waals surface area contributed by atoms with Crippen molar-refractivity contribution in [2.75, 3.05) is 26.9 Å². The van der Waals surface area contributed by atoms with Gasteiger partial charge < -0.3 is 9.47 Å². The third kappa shape index (κ3) is 4.33. The maximum absolute atomic E-state index is 11.2. The van der Waals surface area contributed by atoms with Gasteiger partial charge in [-0.1, -0.05) is 30.3 Å². The Labute approximate surface area is 114 Å². The molecule has 4 nitrogen and oxygen atoms in total. The van der Waals surface area contributed by atoms with Crippen LogP contribution < -0.4 is 0 Å². The summed E-state index contributed by atoms with van der Waals surface area (Å²) in [6.07, 6.45) is 1.25. The van der Waals surface area contributed by atoms with Gasteiger partial charge in [0.15, 0.2) is 0 Å². The third-order valence-corrected chi connectivity index (χ3v) is 3.49. The molecule has 1 atom stereocenters. The topological polar surface area (TPSA) is 38.8 Å². The second-order valence-corrected chi connectivity index (χ2v) is 4.80. The van der Waals surface area contributed by atoms with Gasteiger partial charge in [0.05, 0.1) is 20.3 Å². The number of carbonyl (C=O) groups excluding carboxylic acids is 1. The van der Waals surface area contributed by atoms with Crippen LogP contribution in [0, 0.1) is 0 Å². The standard InChI is InChI=1S/C15H21NO3/c1-18-15(17)8-7-14-12-19-10-9-16(14)11-13-5-3-2-4-6-13/h2-6,14H,7-12H2,1H3/t14-/m1/s1. The molecule has 0 bridgehead atoms. The number of nitrogens with zero attached hydrogens (tertiary/aromatic N) is 1. The molecule has 1 aromatic carbocycles. The van der Waals surface area contributed by atoms with Crippen LogP contribution in [-0.2, 0) is 20.8 Å². The summed E-state index contributed by atoms with van der Waals surface area (Å²) in [4.78, 5) is 13.6. The fraction of sp³-hybridized carbons (Fsp3) is 0.533. The van der Waals surface area contributed by atoms with Crippen LogP contribution in [0.5, 0.6) is 0 Å². The summed E-state index contributed by atoms with van der Waals surface area (Å²) in [5, 5.41) is 0. The maximum Gasteiger partial charge on any atom is 0.305 e. The Hall–Kier alpha value is -1.39. The minimum Gasteiger partial charge on any atom is -0.469 e. The van der Waals surface area contributed by atoms with Crippen molar-refractivity contribution >= 4 is 5.97 Å². The average molecular weight is 263 g/mol. The first-order valence-corrected chi connectivity index (χ1v) is 6.72. The van der Waals surface area contributed by atoms with Crippen molar-refractivity contribution in [3.05, 3.63) is 35.9 Å². The number of rotatable bonds is 5. The molecule has 0 saturated carbocycles. The van der Waals surface area contributed by atoms with E-state index in [-0.39, 0.29) is 5.97 Å². The van der Waals surface area contributed by atoms with E-state index < -0.39 is 0 Å². The third-order valence-electron chi connectivity index (χ3n) is 3.49. The largest absolute Gasteiger partial charge is 0.469 e. The van der Waals surface area contributed by atoms with Gasteiger partial charge >= 0.3 is 5.97 Å². The van der Waals surface area contributed by atoms with Gasteiger partial charge in [-0.05, 0) is 12.0 Å².